The topological polar surface area (TPSA) is 75.3 Å². The zero-order chi connectivity index (χ0) is 20.7. The second-order valence-corrected chi connectivity index (χ2v) is 8.14. The first kappa shape index (κ1) is 18.9. The highest BCUT2D eigenvalue weighted by molar-refractivity contribution is 5.87. The van der Waals surface area contributed by atoms with Gasteiger partial charge in [-0.1, -0.05) is 24.3 Å². The molecule has 2 aromatic carbocycles. The van der Waals surface area contributed by atoms with Crippen LogP contribution in [0.1, 0.15) is 23.7 Å². The molecule has 154 valence electrons. The number of nitrogens with two attached hydrogens (primary N) is 1. The molecule has 0 radical (unpaired) electrons. The molecule has 0 bridgehead atoms. The lowest BCUT2D eigenvalue weighted by Crippen LogP contribution is -2.49. The number of benzene rings is 2. The Kier molecular flexibility index (Phi) is 4.83. The van der Waals surface area contributed by atoms with Crippen molar-refractivity contribution < 1.29 is 9.18 Å². The summed E-state index contributed by atoms with van der Waals surface area (Å²) in [5, 5.41) is 0.872. The number of para-hydroxylation sites is 1. The third kappa shape index (κ3) is 3.73. The van der Waals surface area contributed by atoms with Crippen LogP contribution in [0.15, 0.2) is 48.5 Å². The maximum atomic E-state index is 13.1. The first-order valence-corrected chi connectivity index (χ1v) is 10.4. The predicted octanol–water partition coefficient (Wildman–Crippen LogP) is 2.80. The Morgan fingerprint density at radius 3 is 2.53 bits per heavy atom. The summed E-state index contributed by atoms with van der Waals surface area (Å²) in [4.78, 5) is 26.2. The molecular weight excluding hydrogens is 381 g/mol. The number of nitrogen functional groups attached to an aromatic ring is 1. The standard InChI is InChI=1S/C23H24FN5O/c24-16-7-5-15(6-8-16)18-13-19(18)23(30)29-11-9-28(10-12-29)14-21-26-20-4-2-1-3-17(20)22(25)27-21/h1-8,18-19H,9-14H2,(H2,25,26,27). The molecule has 2 unspecified atom stereocenters. The number of nitrogens with zero attached hydrogens (tertiary/aromatic N) is 4. The van der Waals surface area contributed by atoms with Gasteiger partial charge in [-0.2, -0.15) is 0 Å². The van der Waals surface area contributed by atoms with Crippen LogP contribution in [0.5, 0.6) is 0 Å². The van der Waals surface area contributed by atoms with Crippen LogP contribution in [0.2, 0.25) is 0 Å². The maximum absolute atomic E-state index is 13.1. The fourth-order valence-corrected chi connectivity index (χ4v) is 4.33. The highest BCUT2D eigenvalue weighted by Gasteiger charge is 2.46. The highest BCUT2D eigenvalue weighted by atomic mass is 19.1. The molecule has 6 nitrogen and oxygen atoms in total. The minimum absolute atomic E-state index is 0.0330. The zero-order valence-electron chi connectivity index (χ0n) is 16.7. The predicted molar refractivity (Wildman–Crippen MR) is 113 cm³/mol. The van der Waals surface area contributed by atoms with Gasteiger partial charge in [-0.3, -0.25) is 9.69 Å². The van der Waals surface area contributed by atoms with Gasteiger partial charge >= 0.3 is 0 Å². The van der Waals surface area contributed by atoms with E-state index in [9.17, 15) is 9.18 Å². The van der Waals surface area contributed by atoms with Gasteiger partial charge in [0.25, 0.3) is 0 Å². The summed E-state index contributed by atoms with van der Waals surface area (Å²) in [6, 6.07) is 14.3. The van der Waals surface area contributed by atoms with E-state index in [-0.39, 0.29) is 23.6 Å². The molecule has 1 saturated carbocycles. The average Bonchev–Trinajstić information content (AvgIpc) is 3.55. The molecule has 30 heavy (non-hydrogen) atoms. The van der Waals surface area contributed by atoms with Gasteiger partial charge in [0.05, 0.1) is 12.1 Å². The number of carbonyl (C=O) groups excluding carboxylic acids is 1. The lowest BCUT2D eigenvalue weighted by molar-refractivity contribution is -0.134. The molecule has 1 saturated heterocycles. The molecule has 2 fully saturated rings. The van der Waals surface area contributed by atoms with E-state index in [1.54, 1.807) is 12.1 Å². The van der Waals surface area contributed by atoms with E-state index in [4.69, 9.17) is 5.73 Å². The van der Waals surface area contributed by atoms with Crippen LogP contribution in [0.25, 0.3) is 10.9 Å². The Labute approximate surface area is 174 Å². The molecule has 2 heterocycles. The number of piperazine rings is 1. The molecular formula is C23H24FN5O. The van der Waals surface area contributed by atoms with Crippen LogP contribution in [-0.2, 0) is 11.3 Å². The minimum atomic E-state index is -0.240. The summed E-state index contributed by atoms with van der Waals surface area (Å²) >= 11 is 0. The molecule has 3 aromatic rings. The first-order valence-electron chi connectivity index (χ1n) is 10.4. The smallest absolute Gasteiger partial charge is 0.226 e. The van der Waals surface area contributed by atoms with Crippen molar-refractivity contribution in [3.05, 3.63) is 65.7 Å². The van der Waals surface area contributed by atoms with Crippen LogP contribution < -0.4 is 5.73 Å². The molecule has 1 aliphatic carbocycles. The molecule has 1 aromatic heterocycles. The first-order chi connectivity index (χ1) is 14.6. The summed E-state index contributed by atoms with van der Waals surface area (Å²) in [6.45, 7) is 3.60. The quantitative estimate of drug-likeness (QED) is 0.722. The normalized spacial score (nSPS) is 21.7. The van der Waals surface area contributed by atoms with E-state index in [0.29, 0.717) is 31.3 Å². The lowest BCUT2D eigenvalue weighted by atomic mass is 10.1. The van der Waals surface area contributed by atoms with E-state index in [0.717, 1.165) is 36.0 Å². The molecule has 1 amide bonds. The van der Waals surface area contributed by atoms with Gasteiger partial charge in [0.1, 0.15) is 17.5 Å². The van der Waals surface area contributed by atoms with Crippen molar-refractivity contribution in [2.24, 2.45) is 5.92 Å². The third-order valence-corrected chi connectivity index (χ3v) is 6.13. The lowest BCUT2D eigenvalue weighted by Gasteiger charge is -2.34. The second kappa shape index (κ2) is 7.65. The van der Waals surface area contributed by atoms with Gasteiger partial charge in [0, 0.05) is 37.5 Å². The van der Waals surface area contributed by atoms with Crippen molar-refractivity contribution >= 4 is 22.6 Å². The van der Waals surface area contributed by atoms with Crippen LogP contribution >= 0.6 is 0 Å². The Hall–Kier alpha value is -3.06. The summed E-state index contributed by atoms with van der Waals surface area (Å²) in [7, 11) is 0. The number of rotatable bonds is 4. The molecule has 1 aliphatic heterocycles. The van der Waals surface area contributed by atoms with Gasteiger partial charge in [-0.05, 0) is 42.2 Å². The zero-order valence-corrected chi connectivity index (χ0v) is 16.7. The number of hydrogen-bond acceptors (Lipinski definition) is 5. The van der Waals surface area contributed by atoms with E-state index in [1.165, 1.54) is 12.1 Å². The van der Waals surface area contributed by atoms with Crippen molar-refractivity contribution in [1.29, 1.82) is 0 Å². The van der Waals surface area contributed by atoms with Crippen LogP contribution in [0.3, 0.4) is 0 Å². The Bertz CT molecular complexity index is 1080. The van der Waals surface area contributed by atoms with Crippen LogP contribution in [0, 0.1) is 11.7 Å². The van der Waals surface area contributed by atoms with Crippen molar-refractivity contribution in [1.82, 2.24) is 19.8 Å². The molecule has 0 spiro atoms. The summed E-state index contributed by atoms with van der Waals surface area (Å²) in [6.07, 6.45) is 0.856. The van der Waals surface area contributed by atoms with Gasteiger partial charge in [-0.15, -0.1) is 0 Å². The maximum Gasteiger partial charge on any atom is 0.226 e. The summed E-state index contributed by atoms with van der Waals surface area (Å²) < 4.78 is 13.1. The second-order valence-electron chi connectivity index (χ2n) is 8.14. The fourth-order valence-electron chi connectivity index (χ4n) is 4.33. The van der Waals surface area contributed by atoms with Crippen molar-refractivity contribution in [3.63, 3.8) is 0 Å². The summed E-state index contributed by atoms with van der Waals surface area (Å²) in [5.74, 6) is 1.45. The number of hydrogen-bond donors (Lipinski definition) is 1. The van der Waals surface area contributed by atoms with Gasteiger partial charge in [-0.25, -0.2) is 14.4 Å². The van der Waals surface area contributed by atoms with Crippen molar-refractivity contribution in [2.75, 3.05) is 31.9 Å². The Morgan fingerprint density at radius 2 is 1.77 bits per heavy atom. The van der Waals surface area contributed by atoms with Gasteiger partial charge in [0.15, 0.2) is 0 Å². The number of fused-ring (bicyclic) bond motifs is 1. The van der Waals surface area contributed by atoms with E-state index >= 15 is 0 Å². The van der Waals surface area contributed by atoms with E-state index in [2.05, 4.69) is 14.9 Å². The van der Waals surface area contributed by atoms with E-state index < -0.39 is 0 Å². The third-order valence-electron chi connectivity index (χ3n) is 6.13. The van der Waals surface area contributed by atoms with Crippen LogP contribution in [-0.4, -0.2) is 51.9 Å². The number of halogens is 1. The average molecular weight is 405 g/mol. The number of carbonyl (C=O) groups is 1. The Morgan fingerprint density at radius 1 is 1.03 bits per heavy atom. The number of anilines is 1. The van der Waals surface area contributed by atoms with Crippen molar-refractivity contribution in [3.8, 4) is 0 Å². The molecule has 2 N–H and O–H groups in total. The Balaban J connectivity index is 1.17. The highest BCUT2D eigenvalue weighted by Crippen LogP contribution is 2.48. The van der Waals surface area contributed by atoms with Crippen LogP contribution in [0.4, 0.5) is 10.2 Å². The minimum Gasteiger partial charge on any atom is -0.383 e. The van der Waals surface area contributed by atoms with E-state index in [1.807, 2.05) is 29.2 Å². The largest absolute Gasteiger partial charge is 0.383 e. The van der Waals surface area contributed by atoms with Gasteiger partial charge < -0.3 is 10.6 Å². The fraction of sp³-hybridized carbons (Fsp3) is 0.348. The molecule has 7 heteroatoms. The molecule has 2 aliphatic rings. The molecule has 5 rings (SSSR count). The monoisotopic (exact) mass is 405 g/mol. The van der Waals surface area contributed by atoms with Crippen molar-refractivity contribution in [2.45, 2.75) is 18.9 Å². The SMILES string of the molecule is Nc1nc(CN2CCN(C(=O)C3CC3c3ccc(F)cc3)CC2)nc2ccccc12. The van der Waals surface area contributed by atoms with Gasteiger partial charge in [0.2, 0.25) is 5.91 Å². The number of amides is 1. The summed E-state index contributed by atoms with van der Waals surface area (Å²) in [5.41, 5.74) is 8.00. The molecule has 2 atom stereocenters. The number of aromatic nitrogens is 2.